The predicted molar refractivity (Wildman–Crippen MR) is 72.5 cm³/mol. The molecule has 2 aromatic carbocycles. The Labute approximate surface area is 104 Å². The van der Waals surface area contributed by atoms with Crippen LogP contribution in [0.2, 0.25) is 0 Å². The maximum atomic E-state index is 5.92. The third-order valence-electron chi connectivity index (χ3n) is 2.98. The highest BCUT2D eigenvalue weighted by molar-refractivity contribution is 5.82. The Kier molecular flexibility index (Phi) is 2.41. The van der Waals surface area contributed by atoms with Crippen LogP contribution < -0.4 is 10.5 Å². The van der Waals surface area contributed by atoms with Gasteiger partial charge in [0.2, 0.25) is 0 Å². The molecule has 0 unspecified atom stereocenters. The number of hydrogen-bond donors (Lipinski definition) is 2. The summed E-state index contributed by atoms with van der Waals surface area (Å²) < 4.78 is 5.15. The van der Waals surface area contributed by atoms with E-state index in [4.69, 9.17) is 10.5 Å². The number of ether oxygens (including phenoxy) is 1. The number of methoxy groups -OCH3 is 1. The van der Waals surface area contributed by atoms with E-state index >= 15 is 0 Å². The predicted octanol–water partition coefficient (Wildman–Crippen LogP) is 2.82. The molecule has 0 spiro atoms. The molecule has 0 aliphatic rings. The van der Waals surface area contributed by atoms with Gasteiger partial charge in [0.15, 0.2) is 0 Å². The number of hydrogen-bond acceptors (Lipinski definition) is 3. The van der Waals surface area contributed by atoms with Gasteiger partial charge in [-0.15, -0.1) is 0 Å². The topological polar surface area (TPSA) is 63.9 Å². The fourth-order valence-corrected chi connectivity index (χ4v) is 2.03. The first-order chi connectivity index (χ1) is 8.78. The number of aromatic amines is 1. The fourth-order valence-electron chi connectivity index (χ4n) is 2.03. The van der Waals surface area contributed by atoms with E-state index in [0.717, 1.165) is 22.2 Å². The molecule has 0 bridgehead atoms. The molecule has 0 atom stereocenters. The zero-order chi connectivity index (χ0) is 12.5. The van der Waals surface area contributed by atoms with Crippen molar-refractivity contribution in [3.63, 3.8) is 0 Å². The highest BCUT2D eigenvalue weighted by atomic mass is 16.5. The van der Waals surface area contributed by atoms with Crippen molar-refractivity contribution in [2.24, 2.45) is 0 Å². The minimum absolute atomic E-state index is 0.639. The molecule has 0 fully saturated rings. The van der Waals surface area contributed by atoms with Crippen LogP contribution in [0.15, 0.2) is 42.7 Å². The molecule has 0 radical (unpaired) electrons. The summed E-state index contributed by atoms with van der Waals surface area (Å²) in [5.74, 6) is 0.696. The van der Waals surface area contributed by atoms with Crippen LogP contribution in [0.1, 0.15) is 0 Å². The summed E-state index contributed by atoms with van der Waals surface area (Å²) in [7, 11) is 1.61. The van der Waals surface area contributed by atoms with Crippen molar-refractivity contribution >= 4 is 16.7 Å². The lowest BCUT2D eigenvalue weighted by Gasteiger charge is -2.07. The molecule has 18 heavy (non-hydrogen) atoms. The van der Waals surface area contributed by atoms with Crippen LogP contribution in [0.25, 0.3) is 22.2 Å². The molecule has 90 valence electrons. The molecule has 1 aromatic heterocycles. The Morgan fingerprint density at radius 2 is 1.89 bits per heavy atom. The van der Waals surface area contributed by atoms with E-state index < -0.39 is 0 Å². The Balaban J connectivity index is 2.10. The molecule has 4 heteroatoms. The van der Waals surface area contributed by atoms with Crippen LogP contribution in [0, 0.1) is 0 Å². The van der Waals surface area contributed by atoms with Crippen molar-refractivity contribution in [2.45, 2.75) is 0 Å². The van der Waals surface area contributed by atoms with E-state index in [1.807, 2.05) is 30.3 Å². The fraction of sp³-hybridized carbons (Fsp3) is 0.0714. The molecule has 0 saturated heterocycles. The van der Waals surface area contributed by atoms with E-state index in [1.165, 1.54) is 0 Å². The summed E-state index contributed by atoms with van der Waals surface area (Å²) >= 11 is 0. The van der Waals surface area contributed by atoms with Crippen molar-refractivity contribution in [1.29, 1.82) is 0 Å². The maximum Gasteiger partial charge on any atom is 0.141 e. The van der Waals surface area contributed by atoms with E-state index in [2.05, 4.69) is 16.0 Å². The third kappa shape index (κ3) is 1.68. The number of anilines is 1. The molecule has 0 saturated carbocycles. The van der Waals surface area contributed by atoms with Crippen LogP contribution in [0.4, 0.5) is 5.69 Å². The number of nitrogen functional groups attached to an aromatic ring is 1. The second kappa shape index (κ2) is 4.07. The molecular formula is C14H13N3O. The van der Waals surface area contributed by atoms with Crippen molar-refractivity contribution < 1.29 is 4.74 Å². The minimum Gasteiger partial charge on any atom is -0.495 e. The van der Waals surface area contributed by atoms with Gasteiger partial charge in [-0.2, -0.15) is 0 Å². The molecule has 0 aliphatic heterocycles. The first-order valence-corrected chi connectivity index (χ1v) is 5.65. The summed E-state index contributed by atoms with van der Waals surface area (Å²) in [6.07, 6.45) is 1.69. The van der Waals surface area contributed by atoms with Crippen molar-refractivity contribution in [3.05, 3.63) is 42.7 Å². The summed E-state index contributed by atoms with van der Waals surface area (Å²) in [4.78, 5) is 7.30. The second-order valence-corrected chi connectivity index (χ2v) is 4.09. The molecule has 3 aromatic rings. The van der Waals surface area contributed by atoms with Crippen molar-refractivity contribution in [1.82, 2.24) is 9.97 Å². The molecule has 1 heterocycles. The zero-order valence-corrected chi connectivity index (χ0v) is 9.97. The summed E-state index contributed by atoms with van der Waals surface area (Å²) in [6.45, 7) is 0. The Bertz CT molecular complexity index is 703. The van der Waals surface area contributed by atoms with Gasteiger partial charge in [0, 0.05) is 0 Å². The molecular weight excluding hydrogens is 226 g/mol. The van der Waals surface area contributed by atoms with Gasteiger partial charge in [0.05, 0.1) is 30.2 Å². The first kappa shape index (κ1) is 10.7. The maximum absolute atomic E-state index is 5.92. The van der Waals surface area contributed by atoms with Gasteiger partial charge in [-0.3, -0.25) is 0 Å². The Hall–Kier alpha value is -2.49. The second-order valence-electron chi connectivity index (χ2n) is 4.09. The summed E-state index contributed by atoms with van der Waals surface area (Å²) in [6, 6.07) is 11.9. The molecule has 4 nitrogen and oxygen atoms in total. The average Bonchev–Trinajstić information content (AvgIpc) is 2.85. The SMILES string of the molecule is COc1ccc(-c2ccc3nc[nH]c3c2)cc1N. The van der Waals surface area contributed by atoms with Crippen LogP contribution in [-0.4, -0.2) is 17.1 Å². The summed E-state index contributed by atoms with van der Waals surface area (Å²) in [5.41, 5.74) is 10.7. The van der Waals surface area contributed by atoms with Gasteiger partial charge < -0.3 is 15.5 Å². The smallest absolute Gasteiger partial charge is 0.141 e. The van der Waals surface area contributed by atoms with Gasteiger partial charge in [-0.05, 0) is 35.4 Å². The standard InChI is InChI=1S/C14H13N3O/c1-18-14-5-3-9(6-11(14)15)10-2-4-12-13(7-10)17-8-16-12/h2-8H,15H2,1H3,(H,16,17). The van der Waals surface area contributed by atoms with Gasteiger partial charge in [0.25, 0.3) is 0 Å². The van der Waals surface area contributed by atoms with Crippen LogP contribution in [0.3, 0.4) is 0 Å². The highest BCUT2D eigenvalue weighted by Crippen LogP contribution is 2.29. The Morgan fingerprint density at radius 3 is 2.67 bits per heavy atom. The number of H-pyrrole nitrogens is 1. The quantitative estimate of drug-likeness (QED) is 0.676. The van der Waals surface area contributed by atoms with Gasteiger partial charge in [0.1, 0.15) is 5.75 Å². The van der Waals surface area contributed by atoms with E-state index in [0.29, 0.717) is 11.4 Å². The largest absolute Gasteiger partial charge is 0.495 e. The number of aromatic nitrogens is 2. The minimum atomic E-state index is 0.639. The van der Waals surface area contributed by atoms with Crippen LogP contribution in [-0.2, 0) is 0 Å². The number of nitrogens with one attached hydrogen (secondary N) is 1. The molecule has 0 aliphatic carbocycles. The first-order valence-electron chi connectivity index (χ1n) is 5.65. The molecule has 3 rings (SSSR count). The number of imidazole rings is 1. The lowest BCUT2D eigenvalue weighted by Crippen LogP contribution is -1.92. The van der Waals surface area contributed by atoms with Crippen molar-refractivity contribution in [2.75, 3.05) is 12.8 Å². The highest BCUT2D eigenvalue weighted by Gasteiger charge is 2.04. The van der Waals surface area contributed by atoms with E-state index in [1.54, 1.807) is 13.4 Å². The average molecular weight is 239 g/mol. The van der Waals surface area contributed by atoms with E-state index in [9.17, 15) is 0 Å². The van der Waals surface area contributed by atoms with Crippen LogP contribution >= 0.6 is 0 Å². The monoisotopic (exact) mass is 239 g/mol. The lowest BCUT2D eigenvalue weighted by atomic mass is 10.0. The molecule has 3 N–H and O–H groups in total. The van der Waals surface area contributed by atoms with Crippen LogP contribution in [0.5, 0.6) is 5.75 Å². The van der Waals surface area contributed by atoms with E-state index in [-0.39, 0.29) is 0 Å². The van der Waals surface area contributed by atoms with Gasteiger partial charge in [-0.1, -0.05) is 12.1 Å². The third-order valence-corrected chi connectivity index (χ3v) is 2.98. The number of rotatable bonds is 2. The Morgan fingerprint density at radius 1 is 1.11 bits per heavy atom. The number of nitrogens with zero attached hydrogens (tertiary/aromatic N) is 1. The summed E-state index contributed by atoms with van der Waals surface area (Å²) in [5, 5.41) is 0. The number of benzene rings is 2. The number of fused-ring (bicyclic) bond motifs is 1. The van der Waals surface area contributed by atoms with Gasteiger partial charge >= 0.3 is 0 Å². The lowest BCUT2D eigenvalue weighted by molar-refractivity contribution is 0.417. The molecule has 0 amide bonds. The van der Waals surface area contributed by atoms with Gasteiger partial charge in [-0.25, -0.2) is 4.98 Å². The normalized spacial score (nSPS) is 10.7. The zero-order valence-electron chi connectivity index (χ0n) is 9.97. The van der Waals surface area contributed by atoms with Crippen molar-refractivity contribution in [3.8, 4) is 16.9 Å². The number of nitrogens with two attached hydrogens (primary N) is 1.